The van der Waals surface area contributed by atoms with Crippen molar-refractivity contribution in [2.75, 3.05) is 0 Å². The molecule has 2 aliphatic carbocycles. The van der Waals surface area contributed by atoms with Gasteiger partial charge in [-0.25, -0.2) is 0 Å². The van der Waals surface area contributed by atoms with Gasteiger partial charge in [-0.3, -0.25) is 0 Å². The number of rotatable bonds is 2. The first-order valence-corrected chi connectivity index (χ1v) is 11.7. The zero-order valence-corrected chi connectivity index (χ0v) is 22.6. The van der Waals surface area contributed by atoms with Gasteiger partial charge in [-0.15, -0.1) is 0 Å². The van der Waals surface area contributed by atoms with Crippen LogP contribution in [0.2, 0.25) is 3.12 Å². The predicted molar refractivity (Wildman–Crippen MR) is 105 cm³/mol. The summed E-state index contributed by atoms with van der Waals surface area (Å²) in [5.41, 5.74) is 11.1. The third-order valence-corrected chi connectivity index (χ3v) is 12.1. The first kappa shape index (κ1) is 23.0. The van der Waals surface area contributed by atoms with Crippen molar-refractivity contribution in [2.45, 2.75) is 51.1 Å². The molecule has 0 heterocycles. The second-order valence-corrected chi connectivity index (χ2v) is 12.2. The molecule has 0 spiro atoms. The Morgan fingerprint density at radius 2 is 1.41 bits per heavy atom. The van der Waals surface area contributed by atoms with Crippen LogP contribution in [0.4, 0.5) is 0 Å². The topological polar surface area (TPSA) is 0 Å². The summed E-state index contributed by atoms with van der Waals surface area (Å²) in [5, 5.41) is 2.85. The van der Waals surface area contributed by atoms with E-state index in [0.29, 0.717) is 3.12 Å². The molecule has 140 valence electrons. The summed E-state index contributed by atoms with van der Waals surface area (Å²) < 4.78 is 2.08. The van der Waals surface area contributed by atoms with E-state index >= 15 is 0 Å². The first-order valence-electron chi connectivity index (χ1n) is 9.20. The van der Waals surface area contributed by atoms with Crippen LogP contribution in [0.25, 0.3) is 14.1 Å². The second-order valence-electron chi connectivity index (χ2n) is 7.90. The van der Waals surface area contributed by atoms with E-state index in [4.69, 9.17) is 0 Å². The largest absolute Gasteiger partial charge is 1.00 e. The molecule has 0 unspecified atom stereocenters. The molecule has 4 rings (SSSR count). The molecular weight excluding hydrogens is 539 g/mol. The van der Waals surface area contributed by atoms with Crippen LogP contribution in [0.1, 0.15) is 52.7 Å². The zero-order valence-electron chi connectivity index (χ0n) is 16.9. The fourth-order valence-electron chi connectivity index (χ4n) is 4.55. The molecule has 0 atom stereocenters. The Bertz CT molecular complexity index is 984. The number of hydrogen-bond donors (Lipinski definition) is 0. The summed E-state index contributed by atoms with van der Waals surface area (Å²) >= 11 is -0.827. The van der Waals surface area contributed by atoms with E-state index in [-0.39, 0.29) is 34.0 Å². The third-order valence-electron chi connectivity index (χ3n) is 6.71. The quantitative estimate of drug-likeness (QED) is 0.512. The maximum Gasteiger partial charge on any atom is -1.00 e. The van der Waals surface area contributed by atoms with Crippen LogP contribution in [-0.2, 0) is 29.7 Å². The van der Waals surface area contributed by atoms with Crippen molar-refractivity contribution >= 4 is 14.1 Å². The van der Waals surface area contributed by atoms with Crippen molar-refractivity contribution in [3.8, 4) is 0 Å². The van der Waals surface area contributed by atoms with Crippen molar-refractivity contribution in [2.24, 2.45) is 0 Å². The van der Waals surface area contributed by atoms with Crippen LogP contribution in [0.15, 0.2) is 64.3 Å². The predicted octanol–water partition coefficient (Wildman–Crippen LogP) is 1.08. The molecule has 0 nitrogen and oxygen atoms in total. The van der Waals surface area contributed by atoms with Gasteiger partial charge in [0.15, 0.2) is 0 Å². The van der Waals surface area contributed by atoms with Gasteiger partial charge in [0, 0.05) is 0 Å². The minimum atomic E-state index is -0.827. The van der Waals surface area contributed by atoms with Crippen molar-refractivity contribution in [3.63, 3.8) is 0 Å². The van der Waals surface area contributed by atoms with Gasteiger partial charge in [-0.05, 0) is 0 Å². The fraction of sp³-hybridized carbons (Fsp3) is 0.333. The molecule has 0 amide bonds. The molecular formula is C24H26Br2Zr. The molecule has 0 aliphatic heterocycles. The second kappa shape index (κ2) is 8.25. The molecule has 0 bridgehead atoms. The van der Waals surface area contributed by atoms with Crippen LogP contribution in [0, 0.1) is 0 Å². The maximum atomic E-state index is 2.52. The average molecular weight is 566 g/mol. The molecule has 0 fully saturated rings. The van der Waals surface area contributed by atoms with E-state index in [1.54, 1.807) is 31.1 Å². The number of halogens is 2. The molecule has 0 saturated heterocycles. The van der Waals surface area contributed by atoms with E-state index in [1.165, 1.54) is 21.9 Å². The Morgan fingerprint density at radius 3 is 2.04 bits per heavy atom. The molecule has 2 aromatic carbocycles. The van der Waals surface area contributed by atoms with Gasteiger partial charge in [0.25, 0.3) is 0 Å². The first-order chi connectivity index (χ1) is 11.8. The summed E-state index contributed by atoms with van der Waals surface area (Å²) in [7, 11) is 0. The molecule has 0 saturated carbocycles. The zero-order chi connectivity index (χ0) is 17.9. The van der Waals surface area contributed by atoms with Gasteiger partial charge in [0.05, 0.1) is 0 Å². The minimum Gasteiger partial charge on any atom is -1.00 e. The molecule has 2 aromatic rings. The fourth-order valence-corrected chi connectivity index (χ4v) is 9.39. The van der Waals surface area contributed by atoms with Gasteiger partial charge in [0.2, 0.25) is 0 Å². The van der Waals surface area contributed by atoms with Crippen molar-refractivity contribution < 1.29 is 57.2 Å². The van der Waals surface area contributed by atoms with Gasteiger partial charge in [0.1, 0.15) is 0 Å². The number of hydrogen-bond acceptors (Lipinski definition) is 0. The van der Waals surface area contributed by atoms with Crippen LogP contribution >= 0.6 is 0 Å². The van der Waals surface area contributed by atoms with Crippen molar-refractivity contribution in [1.29, 1.82) is 0 Å². The third kappa shape index (κ3) is 3.47. The van der Waals surface area contributed by atoms with Crippen LogP contribution in [0.3, 0.4) is 0 Å². The number of benzene rings is 2. The summed E-state index contributed by atoms with van der Waals surface area (Å²) in [6, 6.07) is 13.6. The van der Waals surface area contributed by atoms with Crippen LogP contribution in [-0.4, -0.2) is 0 Å². The van der Waals surface area contributed by atoms with Gasteiger partial charge < -0.3 is 34.0 Å². The normalized spacial score (nSPS) is 17.7. The molecule has 0 N–H and O–H groups in total. The number of fused-ring (bicyclic) bond motifs is 3. The van der Waals surface area contributed by atoms with E-state index in [9.17, 15) is 0 Å². The molecule has 3 heteroatoms. The Morgan fingerprint density at radius 1 is 0.815 bits per heavy atom. The molecule has 0 radical (unpaired) electrons. The minimum absolute atomic E-state index is 0. The summed E-state index contributed by atoms with van der Waals surface area (Å²) in [6.45, 7) is 14.3. The van der Waals surface area contributed by atoms with E-state index in [0.717, 1.165) is 6.42 Å². The Labute approximate surface area is 196 Å². The number of allylic oxidation sites excluding steroid dienone is 5. The Kier molecular flexibility index (Phi) is 7.04. The van der Waals surface area contributed by atoms with Crippen molar-refractivity contribution in [1.82, 2.24) is 0 Å². The summed E-state index contributed by atoms with van der Waals surface area (Å²) in [5.74, 6) is 0. The van der Waals surface area contributed by atoms with E-state index in [2.05, 4.69) is 77.9 Å². The van der Waals surface area contributed by atoms with E-state index < -0.39 is 23.2 Å². The molecule has 0 aromatic heterocycles. The monoisotopic (exact) mass is 562 g/mol. The smallest absolute Gasteiger partial charge is 1.00 e. The van der Waals surface area contributed by atoms with Gasteiger partial charge in [-0.1, -0.05) is 0 Å². The average Bonchev–Trinajstić information content (AvgIpc) is 3.00. The van der Waals surface area contributed by atoms with Crippen molar-refractivity contribution in [3.05, 3.63) is 75.4 Å². The van der Waals surface area contributed by atoms with Crippen LogP contribution in [0.5, 0.6) is 0 Å². The Hall–Kier alpha value is -0.237. The van der Waals surface area contributed by atoms with Gasteiger partial charge in [-0.2, -0.15) is 0 Å². The summed E-state index contributed by atoms with van der Waals surface area (Å²) in [4.78, 5) is 0. The maximum absolute atomic E-state index is 2.52. The van der Waals surface area contributed by atoms with Crippen LogP contribution < -0.4 is 34.0 Å². The van der Waals surface area contributed by atoms with Gasteiger partial charge >= 0.3 is 164 Å². The SMILES string of the molecule is CC1=[C]([Zr+2][C]2(C)C(C)=C(C)C(C)=C2C)c2c(ccc3ccccc23)C1.[Br-].[Br-]. The standard InChI is InChI=1S/C14H11.C10H15.2BrH.Zr/c1-10-8-12-7-6-11-4-2-3-5-13(11)14(12)9-10;1-6-7(2)9(4)10(5)8(6)3;;;/h2-7H,8H2,1H3;1-5H3;2*1H;/q;;;;+2/p-2. The summed E-state index contributed by atoms with van der Waals surface area (Å²) in [6.07, 6.45) is 1.15. The Balaban J connectivity index is 0.00000131. The molecule has 27 heavy (non-hydrogen) atoms. The molecule has 2 aliphatic rings. The van der Waals surface area contributed by atoms with E-state index in [1.807, 2.05) is 0 Å².